The highest BCUT2D eigenvalue weighted by Crippen LogP contribution is 2.26. The summed E-state index contributed by atoms with van der Waals surface area (Å²) in [7, 11) is 1.64. The number of aromatic nitrogens is 3. The van der Waals surface area contributed by atoms with E-state index in [-0.39, 0.29) is 6.04 Å². The zero-order chi connectivity index (χ0) is 16.1. The van der Waals surface area contributed by atoms with Gasteiger partial charge in [-0.1, -0.05) is 35.9 Å². The number of nitrogens with one attached hydrogen (secondary N) is 1. The van der Waals surface area contributed by atoms with Crippen LogP contribution >= 0.6 is 11.5 Å². The first-order valence-electron chi connectivity index (χ1n) is 7.32. The maximum atomic E-state index is 5.07. The summed E-state index contributed by atoms with van der Waals surface area (Å²) in [6.45, 7) is 2.50. The highest BCUT2D eigenvalue weighted by atomic mass is 32.1. The molecule has 0 saturated carbocycles. The molecule has 0 saturated heterocycles. The van der Waals surface area contributed by atoms with Crippen molar-refractivity contribution in [1.29, 1.82) is 0 Å². The number of methoxy groups -OCH3 is 1. The quantitative estimate of drug-likeness (QED) is 0.750. The van der Waals surface area contributed by atoms with Crippen molar-refractivity contribution in [2.45, 2.75) is 19.6 Å². The molecule has 3 aromatic rings. The molecule has 1 unspecified atom stereocenters. The van der Waals surface area contributed by atoms with Gasteiger partial charge in [-0.3, -0.25) is 4.98 Å². The third-order valence-corrected chi connectivity index (χ3v) is 4.05. The van der Waals surface area contributed by atoms with Gasteiger partial charge in [-0.05, 0) is 24.6 Å². The number of nitrogens with zero attached hydrogens (tertiary/aromatic N) is 3. The van der Waals surface area contributed by atoms with Crippen LogP contribution in [0.5, 0.6) is 0 Å². The van der Waals surface area contributed by atoms with Crippen LogP contribution in [0, 0.1) is 6.92 Å². The maximum Gasteiger partial charge on any atom is 0.203 e. The summed E-state index contributed by atoms with van der Waals surface area (Å²) >= 11 is 1.33. The predicted molar refractivity (Wildman–Crippen MR) is 91.5 cm³/mol. The molecule has 1 aromatic carbocycles. The highest BCUT2D eigenvalue weighted by Gasteiger charge is 2.17. The number of anilines is 1. The maximum absolute atomic E-state index is 5.07. The molecule has 2 heterocycles. The van der Waals surface area contributed by atoms with Gasteiger partial charge >= 0.3 is 0 Å². The van der Waals surface area contributed by atoms with Crippen LogP contribution in [0.4, 0.5) is 5.13 Å². The van der Waals surface area contributed by atoms with E-state index in [0.29, 0.717) is 12.4 Å². The summed E-state index contributed by atoms with van der Waals surface area (Å²) in [6.07, 6.45) is 1.80. The molecule has 0 fully saturated rings. The second-order valence-corrected chi connectivity index (χ2v) is 5.95. The van der Waals surface area contributed by atoms with E-state index in [4.69, 9.17) is 4.74 Å². The van der Waals surface area contributed by atoms with E-state index < -0.39 is 0 Å². The number of hydrogen-bond donors (Lipinski definition) is 1. The average Bonchev–Trinajstić information content (AvgIpc) is 3.01. The Kier molecular flexibility index (Phi) is 4.95. The number of ether oxygens (including phenoxy) is 1. The van der Waals surface area contributed by atoms with Crippen molar-refractivity contribution in [1.82, 2.24) is 14.3 Å². The molecule has 23 heavy (non-hydrogen) atoms. The van der Waals surface area contributed by atoms with Gasteiger partial charge in [-0.15, -0.1) is 0 Å². The number of benzene rings is 1. The molecule has 0 aliphatic rings. The van der Waals surface area contributed by atoms with Crippen molar-refractivity contribution >= 4 is 16.7 Å². The van der Waals surface area contributed by atoms with Crippen molar-refractivity contribution in [3.63, 3.8) is 0 Å². The molecule has 0 amide bonds. The zero-order valence-electron chi connectivity index (χ0n) is 13.1. The largest absolute Gasteiger partial charge is 0.377 e. The van der Waals surface area contributed by atoms with E-state index >= 15 is 0 Å². The number of aryl methyl sites for hydroxylation is 1. The Labute approximate surface area is 139 Å². The topological polar surface area (TPSA) is 59.9 Å². The minimum atomic E-state index is -0.0700. The standard InChI is InChI=1S/C17H18N4OS/c1-12-6-5-7-13(10-12)16(14-8-3-4-9-18-14)20-17-19-15(11-22-2)21-23-17/h3-10,16H,11H2,1-2H3,(H,19,20,21). The van der Waals surface area contributed by atoms with E-state index in [1.165, 1.54) is 17.1 Å². The fourth-order valence-electron chi connectivity index (χ4n) is 2.35. The van der Waals surface area contributed by atoms with Gasteiger partial charge in [-0.25, -0.2) is 4.98 Å². The van der Waals surface area contributed by atoms with Crippen LogP contribution < -0.4 is 5.32 Å². The van der Waals surface area contributed by atoms with Gasteiger partial charge in [0.05, 0.1) is 11.7 Å². The molecule has 0 aliphatic carbocycles. The zero-order valence-corrected chi connectivity index (χ0v) is 13.9. The lowest BCUT2D eigenvalue weighted by molar-refractivity contribution is 0.179. The molecule has 5 nitrogen and oxygen atoms in total. The minimum absolute atomic E-state index is 0.0700. The van der Waals surface area contributed by atoms with Crippen molar-refractivity contribution in [3.05, 3.63) is 71.3 Å². The molecule has 0 radical (unpaired) electrons. The number of hydrogen-bond acceptors (Lipinski definition) is 6. The summed E-state index contributed by atoms with van der Waals surface area (Å²) in [6, 6.07) is 14.2. The van der Waals surface area contributed by atoms with E-state index in [9.17, 15) is 0 Å². The van der Waals surface area contributed by atoms with E-state index in [2.05, 4.69) is 50.8 Å². The van der Waals surface area contributed by atoms with E-state index in [1.807, 2.05) is 18.2 Å². The van der Waals surface area contributed by atoms with E-state index in [0.717, 1.165) is 16.4 Å². The summed E-state index contributed by atoms with van der Waals surface area (Å²) in [4.78, 5) is 8.95. The van der Waals surface area contributed by atoms with Crippen LogP contribution in [0.2, 0.25) is 0 Å². The first-order valence-corrected chi connectivity index (χ1v) is 8.09. The van der Waals surface area contributed by atoms with Gasteiger partial charge in [0.25, 0.3) is 0 Å². The van der Waals surface area contributed by atoms with Crippen LogP contribution in [0.15, 0.2) is 48.7 Å². The van der Waals surface area contributed by atoms with Crippen molar-refractivity contribution < 1.29 is 4.74 Å². The smallest absolute Gasteiger partial charge is 0.203 e. The van der Waals surface area contributed by atoms with Gasteiger partial charge in [0, 0.05) is 24.8 Å². The van der Waals surface area contributed by atoms with Gasteiger partial charge in [0.2, 0.25) is 5.13 Å². The second kappa shape index (κ2) is 7.30. The minimum Gasteiger partial charge on any atom is -0.377 e. The Hall–Kier alpha value is -2.31. The Balaban J connectivity index is 1.91. The second-order valence-electron chi connectivity index (χ2n) is 5.19. The summed E-state index contributed by atoms with van der Waals surface area (Å²) in [5.41, 5.74) is 3.30. The van der Waals surface area contributed by atoms with Crippen LogP contribution in [0.1, 0.15) is 28.7 Å². The lowest BCUT2D eigenvalue weighted by Crippen LogP contribution is -2.14. The van der Waals surface area contributed by atoms with Gasteiger partial charge in [0.1, 0.15) is 6.61 Å². The monoisotopic (exact) mass is 326 g/mol. The molecular formula is C17H18N4OS. The Morgan fingerprint density at radius 1 is 1.22 bits per heavy atom. The molecule has 0 bridgehead atoms. The molecule has 2 aromatic heterocycles. The molecular weight excluding hydrogens is 308 g/mol. The lowest BCUT2D eigenvalue weighted by Gasteiger charge is -2.18. The fraction of sp³-hybridized carbons (Fsp3) is 0.235. The molecule has 118 valence electrons. The summed E-state index contributed by atoms with van der Waals surface area (Å²) in [5, 5.41) is 4.20. The Bertz CT molecular complexity index is 760. The fourth-order valence-corrected chi connectivity index (χ4v) is 2.95. The first kappa shape index (κ1) is 15.6. The molecule has 6 heteroatoms. The van der Waals surface area contributed by atoms with Crippen LogP contribution in [-0.4, -0.2) is 21.5 Å². The molecule has 1 atom stereocenters. The van der Waals surface area contributed by atoms with Crippen LogP contribution in [0.3, 0.4) is 0 Å². The van der Waals surface area contributed by atoms with Gasteiger partial charge in [-0.2, -0.15) is 4.37 Å². The molecule has 0 aliphatic heterocycles. The summed E-state index contributed by atoms with van der Waals surface area (Å²) < 4.78 is 9.36. The third kappa shape index (κ3) is 3.91. The van der Waals surface area contributed by atoms with Crippen molar-refractivity contribution in [2.24, 2.45) is 0 Å². The number of pyridine rings is 1. The average molecular weight is 326 g/mol. The highest BCUT2D eigenvalue weighted by molar-refractivity contribution is 7.09. The molecule has 1 N–H and O–H groups in total. The van der Waals surface area contributed by atoms with Crippen molar-refractivity contribution in [3.8, 4) is 0 Å². The Morgan fingerprint density at radius 3 is 2.87 bits per heavy atom. The number of rotatable bonds is 6. The predicted octanol–water partition coefficient (Wildman–Crippen LogP) is 3.59. The van der Waals surface area contributed by atoms with E-state index in [1.54, 1.807) is 13.3 Å². The van der Waals surface area contributed by atoms with Gasteiger partial charge < -0.3 is 10.1 Å². The lowest BCUT2D eigenvalue weighted by atomic mass is 10.0. The van der Waals surface area contributed by atoms with Crippen LogP contribution in [0.25, 0.3) is 0 Å². The SMILES string of the molecule is COCc1nsc(NC(c2cccc(C)c2)c2ccccn2)n1. The summed E-state index contributed by atoms with van der Waals surface area (Å²) in [5.74, 6) is 0.684. The molecule has 0 spiro atoms. The van der Waals surface area contributed by atoms with Crippen LogP contribution in [-0.2, 0) is 11.3 Å². The third-order valence-electron chi connectivity index (χ3n) is 3.37. The first-order chi connectivity index (χ1) is 11.3. The van der Waals surface area contributed by atoms with Crippen molar-refractivity contribution in [2.75, 3.05) is 12.4 Å². The Morgan fingerprint density at radius 2 is 2.13 bits per heavy atom. The normalized spacial score (nSPS) is 12.1. The molecule has 3 rings (SSSR count). The van der Waals surface area contributed by atoms with Gasteiger partial charge in [0.15, 0.2) is 5.82 Å².